The Balaban J connectivity index is 2.70. The van der Waals surface area contributed by atoms with Crippen LogP contribution in [0.3, 0.4) is 0 Å². The van der Waals surface area contributed by atoms with Crippen molar-refractivity contribution in [3.8, 4) is 0 Å². The minimum Gasteiger partial charge on any atom is -0.329 e. The molecule has 1 aromatic heterocycles. The number of thiophene rings is 1. The number of halogens is 1. The van der Waals surface area contributed by atoms with E-state index in [4.69, 9.17) is 5.73 Å². The SMILES string of the molecule is CC(C)CN(C)C(CN)c1ccc(Br)s1. The molecule has 1 aromatic rings. The second-order valence-corrected chi connectivity index (χ2v) is 6.72. The average Bonchev–Trinajstić information content (AvgIpc) is 2.51. The molecule has 1 atom stereocenters. The van der Waals surface area contributed by atoms with Gasteiger partial charge in [0.15, 0.2) is 0 Å². The van der Waals surface area contributed by atoms with Crippen molar-refractivity contribution >= 4 is 27.3 Å². The number of hydrogen-bond acceptors (Lipinski definition) is 3. The fraction of sp³-hybridized carbons (Fsp3) is 0.636. The van der Waals surface area contributed by atoms with Crippen molar-refractivity contribution in [3.63, 3.8) is 0 Å². The van der Waals surface area contributed by atoms with Gasteiger partial charge in [0.1, 0.15) is 0 Å². The molecule has 0 spiro atoms. The molecule has 4 heteroatoms. The van der Waals surface area contributed by atoms with Gasteiger partial charge in [-0.25, -0.2) is 0 Å². The van der Waals surface area contributed by atoms with Crippen LogP contribution < -0.4 is 5.73 Å². The number of nitrogens with two attached hydrogens (primary N) is 1. The van der Waals surface area contributed by atoms with E-state index >= 15 is 0 Å². The van der Waals surface area contributed by atoms with Crippen molar-refractivity contribution in [2.24, 2.45) is 11.7 Å². The summed E-state index contributed by atoms with van der Waals surface area (Å²) in [4.78, 5) is 3.68. The topological polar surface area (TPSA) is 29.3 Å². The lowest BCUT2D eigenvalue weighted by Gasteiger charge is -2.27. The Kier molecular flexibility index (Phi) is 5.26. The fourth-order valence-corrected chi connectivity index (χ4v) is 3.33. The maximum atomic E-state index is 5.84. The van der Waals surface area contributed by atoms with E-state index in [0.717, 1.165) is 6.54 Å². The van der Waals surface area contributed by atoms with Gasteiger partial charge in [-0.2, -0.15) is 0 Å². The molecule has 0 saturated heterocycles. The Bertz CT molecular complexity index is 299. The lowest BCUT2D eigenvalue weighted by atomic mass is 10.1. The lowest BCUT2D eigenvalue weighted by molar-refractivity contribution is 0.226. The molecule has 2 N–H and O–H groups in total. The predicted molar refractivity (Wildman–Crippen MR) is 71.3 cm³/mol. The van der Waals surface area contributed by atoms with Gasteiger partial charge in [-0.05, 0) is 41.0 Å². The van der Waals surface area contributed by atoms with Gasteiger partial charge in [0.25, 0.3) is 0 Å². The number of nitrogens with zero attached hydrogens (tertiary/aromatic N) is 1. The number of likely N-dealkylation sites (N-methyl/N-ethyl adjacent to an activating group) is 1. The summed E-state index contributed by atoms with van der Waals surface area (Å²) in [5, 5.41) is 0. The summed E-state index contributed by atoms with van der Waals surface area (Å²) >= 11 is 5.26. The minimum atomic E-state index is 0.351. The van der Waals surface area contributed by atoms with Gasteiger partial charge in [0.05, 0.1) is 9.83 Å². The largest absolute Gasteiger partial charge is 0.329 e. The summed E-state index contributed by atoms with van der Waals surface area (Å²) in [7, 11) is 2.14. The van der Waals surface area contributed by atoms with Gasteiger partial charge in [0.2, 0.25) is 0 Å². The first-order valence-electron chi connectivity index (χ1n) is 5.20. The van der Waals surface area contributed by atoms with Gasteiger partial charge in [-0.3, -0.25) is 4.90 Å². The van der Waals surface area contributed by atoms with Crippen LogP contribution in [0, 0.1) is 5.92 Å². The molecule has 0 amide bonds. The summed E-state index contributed by atoms with van der Waals surface area (Å²) in [6.45, 7) is 6.22. The van der Waals surface area contributed by atoms with E-state index in [1.165, 1.54) is 8.66 Å². The molecule has 0 radical (unpaired) electrons. The molecule has 2 nitrogen and oxygen atoms in total. The van der Waals surface area contributed by atoms with E-state index in [9.17, 15) is 0 Å². The van der Waals surface area contributed by atoms with Crippen molar-refractivity contribution in [1.82, 2.24) is 4.90 Å². The van der Waals surface area contributed by atoms with E-state index in [1.54, 1.807) is 11.3 Å². The van der Waals surface area contributed by atoms with Crippen LogP contribution in [0.5, 0.6) is 0 Å². The molecule has 0 aliphatic rings. The Morgan fingerprint density at radius 1 is 1.47 bits per heavy atom. The minimum absolute atomic E-state index is 0.351. The number of rotatable bonds is 5. The van der Waals surface area contributed by atoms with E-state index in [2.05, 4.69) is 53.9 Å². The maximum Gasteiger partial charge on any atom is 0.0702 e. The monoisotopic (exact) mass is 290 g/mol. The number of hydrogen-bond donors (Lipinski definition) is 1. The Hall–Kier alpha value is 0.1000. The molecule has 0 saturated carbocycles. The normalized spacial score (nSPS) is 13.8. The van der Waals surface area contributed by atoms with E-state index < -0.39 is 0 Å². The molecule has 0 fully saturated rings. The predicted octanol–water partition coefficient (Wildman–Crippen LogP) is 3.10. The highest BCUT2D eigenvalue weighted by molar-refractivity contribution is 9.11. The molecule has 0 aromatic carbocycles. The molecular weight excluding hydrogens is 272 g/mol. The van der Waals surface area contributed by atoms with Crippen molar-refractivity contribution in [1.29, 1.82) is 0 Å². The van der Waals surface area contributed by atoms with Crippen LogP contribution in [0.4, 0.5) is 0 Å². The van der Waals surface area contributed by atoms with Crippen LogP contribution in [0.1, 0.15) is 24.8 Å². The van der Waals surface area contributed by atoms with Crippen molar-refractivity contribution < 1.29 is 0 Å². The van der Waals surface area contributed by atoms with Gasteiger partial charge >= 0.3 is 0 Å². The Morgan fingerprint density at radius 3 is 2.53 bits per heavy atom. The second-order valence-electron chi connectivity index (χ2n) is 4.23. The zero-order valence-corrected chi connectivity index (χ0v) is 11.9. The van der Waals surface area contributed by atoms with E-state index in [0.29, 0.717) is 18.5 Å². The van der Waals surface area contributed by atoms with Crippen molar-refractivity contribution in [2.45, 2.75) is 19.9 Å². The molecule has 15 heavy (non-hydrogen) atoms. The van der Waals surface area contributed by atoms with Crippen LogP contribution >= 0.6 is 27.3 Å². The quantitative estimate of drug-likeness (QED) is 0.903. The highest BCUT2D eigenvalue weighted by Crippen LogP contribution is 2.29. The van der Waals surface area contributed by atoms with Crippen LogP contribution in [0.25, 0.3) is 0 Å². The van der Waals surface area contributed by atoms with Gasteiger partial charge in [-0.1, -0.05) is 13.8 Å². The first kappa shape index (κ1) is 13.2. The van der Waals surface area contributed by atoms with Crippen LogP contribution in [0.15, 0.2) is 15.9 Å². The van der Waals surface area contributed by atoms with Crippen LogP contribution in [-0.4, -0.2) is 25.0 Å². The molecule has 0 aliphatic heterocycles. The molecule has 86 valence electrons. The highest BCUT2D eigenvalue weighted by atomic mass is 79.9. The fourth-order valence-electron chi connectivity index (χ4n) is 1.72. The third-order valence-electron chi connectivity index (χ3n) is 2.33. The average molecular weight is 291 g/mol. The molecule has 0 aliphatic carbocycles. The van der Waals surface area contributed by atoms with Gasteiger partial charge in [-0.15, -0.1) is 11.3 Å². The molecule has 1 rings (SSSR count). The summed E-state index contributed by atoms with van der Waals surface area (Å²) in [5.74, 6) is 0.674. The maximum absolute atomic E-state index is 5.84. The van der Waals surface area contributed by atoms with Crippen LogP contribution in [0.2, 0.25) is 0 Å². The third kappa shape index (κ3) is 3.87. The Morgan fingerprint density at radius 2 is 2.13 bits per heavy atom. The van der Waals surface area contributed by atoms with Crippen LogP contribution in [-0.2, 0) is 0 Å². The molecular formula is C11H19BrN2S. The summed E-state index contributed by atoms with van der Waals surface area (Å²) in [6, 6.07) is 4.60. The lowest BCUT2D eigenvalue weighted by Crippen LogP contribution is -2.32. The Labute approximate surface area is 105 Å². The van der Waals surface area contributed by atoms with E-state index in [1.807, 2.05) is 0 Å². The van der Waals surface area contributed by atoms with Crippen molar-refractivity contribution in [3.05, 3.63) is 20.8 Å². The summed E-state index contributed by atoms with van der Waals surface area (Å²) in [6.07, 6.45) is 0. The molecule has 1 heterocycles. The first-order valence-corrected chi connectivity index (χ1v) is 6.81. The zero-order valence-electron chi connectivity index (χ0n) is 9.53. The molecule has 1 unspecified atom stereocenters. The van der Waals surface area contributed by atoms with Gasteiger partial charge < -0.3 is 5.73 Å². The van der Waals surface area contributed by atoms with Gasteiger partial charge in [0, 0.05) is 18.0 Å². The summed E-state index contributed by atoms with van der Waals surface area (Å²) in [5.41, 5.74) is 5.84. The molecule has 0 bridgehead atoms. The standard InChI is InChI=1S/C11H19BrN2S/c1-8(2)7-14(3)9(6-13)10-4-5-11(12)15-10/h4-5,8-9H,6-7,13H2,1-3H3. The third-order valence-corrected chi connectivity index (χ3v) is 4.06. The second kappa shape index (κ2) is 5.99. The zero-order chi connectivity index (χ0) is 11.4. The highest BCUT2D eigenvalue weighted by Gasteiger charge is 2.17. The van der Waals surface area contributed by atoms with E-state index in [-0.39, 0.29) is 0 Å². The summed E-state index contributed by atoms with van der Waals surface area (Å²) < 4.78 is 1.17. The smallest absolute Gasteiger partial charge is 0.0702 e. The van der Waals surface area contributed by atoms with Crippen molar-refractivity contribution in [2.75, 3.05) is 20.1 Å². The first-order chi connectivity index (χ1) is 7.04.